The highest BCUT2D eigenvalue weighted by Crippen LogP contribution is 2.18. The average Bonchev–Trinajstić information content (AvgIpc) is 2.64. The number of hydrogen-bond acceptors (Lipinski definition) is 5. The predicted molar refractivity (Wildman–Crippen MR) is 87.9 cm³/mol. The summed E-state index contributed by atoms with van der Waals surface area (Å²) < 4.78 is 27.1. The van der Waals surface area contributed by atoms with E-state index < -0.39 is 23.2 Å². The SMILES string of the molecule is O=C(Nc1c(F)cccc1F)c1ccc(NCc2ccccn2)nn1. The van der Waals surface area contributed by atoms with Crippen LogP contribution in [0.25, 0.3) is 0 Å². The third-order valence-electron chi connectivity index (χ3n) is 3.28. The molecule has 0 atom stereocenters. The van der Waals surface area contributed by atoms with E-state index in [0.29, 0.717) is 12.4 Å². The van der Waals surface area contributed by atoms with Crippen LogP contribution in [0.2, 0.25) is 0 Å². The number of aromatic nitrogens is 3. The molecule has 6 nitrogen and oxygen atoms in total. The van der Waals surface area contributed by atoms with E-state index in [1.165, 1.54) is 12.1 Å². The zero-order valence-corrected chi connectivity index (χ0v) is 12.9. The molecule has 2 heterocycles. The van der Waals surface area contributed by atoms with Crippen molar-refractivity contribution in [1.29, 1.82) is 0 Å². The van der Waals surface area contributed by atoms with Crippen molar-refractivity contribution in [2.45, 2.75) is 6.54 Å². The number of hydrogen-bond donors (Lipinski definition) is 2. The normalized spacial score (nSPS) is 10.3. The molecule has 0 spiro atoms. The number of carbonyl (C=O) groups is 1. The van der Waals surface area contributed by atoms with E-state index in [1.54, 1.807) is 12.3 Å². The first-order valence-corrected chi connectivity index (χ1v) is 7.36. The molecule has 0 radical (unpaired) electrons. The molecule has 0 saturated carbocycles. The molecule has 0 saturated heterocycles. The Hall–Kier alpha value is -3.42. The first-order chi connectivity index (χ1) is 12.1. The molecule has 0 aliphatic rings. The summed E-state index contributed by atoms with van der Waals surface area (Å²) in [6.45, 7) is 0.446. The lowest BCUT2D eigenvalue weighted by molar-refractivity contribution is 0.102. The molecular weight excluding hydrogens is 328 g/mol. The molecule has 0 aliphatic heterocycles. The van der Waals surface area contributed by atoms with Crippen molar-refractivity contribution in [3.63, 3.8) is 0 Å². The van der Waals surface area contributed by atoms with Gasteiger partial charge in [0, 0.05) is 6.20 Å². The summed E-state index contributed by atoms with van der Waals surface area (Å²) in [6, 6.07) is 11.8. The number of halogens is 2. The van der Waals surface area contributed by atoms with E-state index >= 15 is 0 Å². The minimum absolute atomic E-state index is 0.0639. The van der Waals surface area contributed by atoms with Gasteiger partial charge in [-0.1, -0.05) is 12.1 Å². The van der Waals surface area contributed by atoms with Crippen LogP contribution in [0, 0.1) is 11.6 Å². The molecule has 0 fully saturated rings. The van der Waals surface area contributed by atoms with Crippen LogP contribution >= 0.6 is 0 Å². The zero-order valence-electron chi connectivity index (χ0n) is 12.9. The molecule has 3 aromatic rings. The van der Waals surface area contributed by atoms with E-state index in [4.69, 9.17) is 0 Å². The molecule has 126 valence electrons. The molecule has 3 rings (SSSR count). The van der Waals surface area contributed by atoms with Crippen LogP contribution in [0.5, 0.6) is 0 Å². The molecule has 1 amide bonds. The predicted octanol–water partition coefficient (Wildman–Crippen LogP) is 3.01. The highest BCUT2D eigenvalue weighted by atomic mass is 19.1. The van der Waals surface area contributed by atoms with Crippen molar-refractivity contribution >= 4 is 17.4 Å². The maximum absolute atomic E-state index is 13.5. The summed E-state index contributed by atoms with van der Waals surface area (Å²) in [4.78, 5) is 16.2. The Morgan fingerprint density at radius 2 is 1.76 bits per heavy atom. The summed E-state index contributed by atoms with van der Waals surface area (Å²) in [5, 5.41) is 12.8. The van der Waals surface area contributed by atoms with Gasteiger partial charge in [0.2, 0.25) is 0 Å². The van der Waals surface area contributed by atoms with Gasteiger partial charge in [-0.2, -0.15) is 0 Å². The molecule has 2 N–H and O–H groups in total. The van der Waals surface area contributed by atoms with Gasteiger partial charge >= 0.3 is 0 Å². The maximum Gasteiger partial charge on any atom is 0.276 e. The molecular formula is C17H13F2N5O. The lowest BCUT2D eigenvalue weighted by Gasteiger charge is -2.07. The summed E-state index contributed by atoms with van der Waals surface area (Å²) in [5.74, 6) is -2.04. The Morgan fingerprint density at radius 1 is 0.960 bits per heavy atom. The molecule has 0 aliphatic carbocycles. The lowest BCUT2D eigenvalue weighted by atomic mass is 10.2. The minimum atomic E-state index is -0.866. The second-order valence-corrected chi connectivity index (χ2v) is 5.03. The van der Waals surface area contributed by atoms with E-state index in [0.717, 1.165) is 17.8 Å². The zero-order chi connectivity index (χ0) is 17.6. The van der Waals surface area contributed by atoms with Crippen molar-refractivity contribution < 1.29 is 13.6 Å². The van der Waals surface area contributed by atoms with Crippen LogP contribution in [-0.4, -0.2) is 21.1 Å². The van der Waals surface area contributed by atoms with Crippen molar-refractivity contribution in [3.05, 3.63) is 77.8 Å². The van der Waals surface area contributed by atoms with E-state index in [-0.39, 0.29) is 5.69 Å². The fourth-order valence-electron chi connectivity index (χ4n) is 2.03. The second-order valence-electron chi connectivity index (χ2n) is 5.03. The van der Waals surface area contributed by atoms with Gasteiger partial charge in [-0.05, 0) is 36.4 Å². The van der Waals surface area contributed by atoms with Gasteiger partial charge in [0.15, 0.2) is 5.69 Å². The summed E-state index contributed by atoms with van der Waals surface area (Å²) in [5.41, 5.74) is 0.235. The number of benzene rings is 1. The van der Waals surface area contributed by atoms with Crippen molar-refractivity contribution in [2.75, 3.05) is 10.6 Å². The number of pyridine rings is 1. The van der Waals surface area contributed by atoms with Gasteiger partial charge in [0.1, 0.15) is 23.1 Å². The van der Waals surface area contributed by atoms with E-state index in [1.807, 2.05) is 18.2 Å². The van der Waals surface area contributed by atoms with Crippen LogP contribution < -0.4 is 10.6 Å². The van der Waals surface area contributed by atoms with Gasteiger partial charge in [0.05, 0.1) is 12.2 Å². The van der Waals surface area contributed by atoms with Gasteiger partial charge in [-0.15, -0.1) is 10.2 Å². The third-order valence-corrected chi connectivity index (χ3v) is 3.28. The highest BCUT2D eigenvalue weighted by molar-refractivity contribution is 6.02. The first kappa shape index (κ1) is 16.4. The molecule has 0 unspecified atom stereocenters. The van der Waals surface area contributed by atoms with Crippen LogP contribution in [-0.2, 0) is 6.54 Å². The van der Waals surface area contributed by atoms with E-state index in [2.05, 4.69) is 25.8 Å². The second kappa shape index (κ2) is 7.43. The van der Waals surface area contributed by atoms with E-state index in [9.17, 15) is 13.6 Å². The summed E-state index contributed by atoms with van der Waals surface area (Å²) in [7, 11) is 0. The number of para-hydroxylation sites is 1. The molecule has 0 bridgehead atoms. The van der Waals surface area contributed by atoms with Crippen molar-refractivity contribution in [2.24, 2.45) is 0 Å². The van der Waals surface area contributed by atoms with Gasteiger partial charge in [-0.3, -0.25) is 9.78 Å². The Labute approximate surface area is 141 Å². The van der Waals surface area contributed by atoms with Crippen LogP contribution in [0.1, 0.15) is 16.2 Å². The lowest BCUT2D eigenvalue weighted by Crippen LogP contribution is -2.16. The molecule has 2 aromatic heterocycles. The monoisotopic (exact) mass is 341 g/mol. The largest absolute Gasteiger partial charge is 0.363 e. The topological polar surface area (TPSA) is 79.8 Å². The maximum atomic E-state index is 13.5. The minimum Gasteiger partial charge on any atom is -0.363 e. The quantitative estimate of drug-likeness (QED) is 0.746. The van der Waals surface area contributed by atoms with Crippen molar-refractivity contribution in [3.8, 4) is 0 Å². The number of nitrogens with one attached hydrogen (secondary N) is 2. The number of carbonyl (C=O) groups excluding carboxylic acids is 1. The Balaban J connectivity index is 1.64. The Morgan fingerprint density at radius 3 is 2.40 bits per heavy atom. The standard InChI is InChI=1S/C17H13F2N5O/c18-12-5-3-6-13(19)16(12)22-17(25)14-7-8-15(24-23-14)21-10-11-4-1-2-9-20-11/h1-9H,10H2,(H,21,24)(H,22,25). The number of nitrogens with zero attached hydrogens (tertiary/aromatic N) is 3. The summed E-state index contributed by atoms with van der Waals surface area (Å²) in [6.07, 6.45) is 1.68. The molecule has 8 heteroatoms. The van der Waals surface area contributed by atoms with Gasteiger partial charge in [0.25, 0.3) is 5.91 Å². The fraction of sp³-hybridized carbons (Fsp3) is 0.0588. The third kappa shape index (κ3) is 4.11. The Bertz CT molecular complexity index is 852. The van der Waals surface area contributed by atoms with Crippen LogP contribution in [0.15, 0.2) is 54.7 Å². The molecule has 1 aromatic carbocycles. The summed E-state index contributed by atoms with van der Waals surface area (Å²) >= 11 is 0. The fourth-order valence-corrected chi connectivity index (χ4v) is 2.03. The number of rotatable bonds is 5. The van der Waals surface area contributed by atoms with Crippen LogP contribution in [0.4, 0.5) is 20.3 Å². The Kier molecular flexibility index (Phi) is 4.89. The number of amides is 1. The average molecular weight is 341 g/mol. The smallest absolute Gasteiger partial charge is 0.276 e. The van der Waals surface area contributed by atoms with Crippen molar-refractivity contribution in [1.82, 2.24) is 15.2 Å². The highest BCUT2D eigenvalue weighted by Gasteiger charge is 2.14. The van der Waals surface area contributed by atoms with Crippen LogP contribution in [0.3, 0.4) is 0 Å². The van der Waals surface area contributed by atoms with Gasteiger partial charge in [-0.25, -0.2) is 8.78 Å². The molecule has 25 heavy (non-hydrogen) atoms. The number of anilines is 2. The first-order valence-electron chi connectivity index (χ1n) is 7.36. The van der Waals surface area contributed by atoms with Gasteiger partial charge < -0.3 is 10.6 Å².